The highest BCUT2D eigenvalue weighted by Gasteiger charge is 2.71. The monoisotopic (exact) mass is 292 g/mol. The lowest BCUT2D eigenvalue weighted by Gasteiger charge is -2.59. The highest BCUT2D eigenvalue weighted by Crippen LogP contribution is 2.66. The van der Waals surface area contributed by atoms with E-state index in [1.54, 1.807) is 6.92 Å². The number of carbonyl (C=O) groups excluding carboxylic acids is 2. The van der Waals surface area contributed by atoms with E-state index < -0.39 is 0 Å². The number of rotatable bonds is 3. The zero-order valence-electron chi connectivity index (χ0n) is 13.3. The summed E-state index contributed by atoms with van der Waals surface area (Å²) in [6.07, 6.45) is 2.07. The molecule has 4 bridgehead atoms. The van der Waals surface area contributed by atoms with E-state index in [4.69, 9.17) is 9.47 Å². The lowest BCUT2D eigenvalue weighted by atomic mass is 9.46. The van der Waals surface area contributed by atoms with E-state index in [0.717, 1.165) is 19.3 Å². The molecule has 4 nitrogen and oxygen atoms in total. The van der Waals surface area contributed by atoms with Gasteiger partial charge in [-0.15, -0.1) is 0 Å². The van der Waals surface area contributed by atoms with Crippen molar-refractivity contribution in [2.75, 3.05) is 0 Å². The van der Waals surface area contributed by atoms with Crippen LogP contribution in [0.1, 0.15) is 47.0 Å². The van der Waals surface area contributed by atoms with Crippen LogP contribution in [-0.4, -0.2) is 24.1 Å². The van der Waals surface area contributed by atoms with Crippen LogP contribution in [0.25, 0.3) is 0 Å². The summed E-state index contributed by atoms with van der Waals surface area (Å²) in [6, 6.07) is 0. The molecule has 3 saturated carbocycles. The summed E-state index contributed by atoms with van der Waals surface area (Å²) in [5.74, 6) is -0.194. The largest absolute Gasteiger partial charge is 0.458 e. The smallest absolute Gasteiger partial charge is 0.333 e. The third-order valence-corrected chi connectivity index (χ3v) is 6.26. The molecule has 0 aromatic carbocycles. The highest BCUT2D eigenvalue weighted by atomic mass is 16.6. The van der Waals surface area contributed by atoms with Crippen molar-refractivity contribution in [3.05, 3.63) is 12.2 Å². The van der Waals surface area contributed by atoms with Crippen LogP contribution in [0.3, 0.4) is 0 Å². The predicted octanol–water partition coefficient (Wildman–Crippen LogP) is 2.86. The Labute approximate surface area is 125 Å². The Balaban J connectivity index is 2.02. The van der Waals surface area contributed by atoms with Crippen LogP contribution in [-0.2, 0) is 19.1 Å². The molecule has 3 aliphatic carbocycles. The molecule has 0 aromatic rings. The first-order valence-electron chi connectivity index (χ1n) is 7.79. The van der Waals surface area contributed by atoms with E-state index in [1.165, 1.54) is 0 Å². The van der Waals surface area contributed by atoms with Gasteiger partial charge in [0.05, 0.1) is 5.92 Å². The van der Waals surface area contributed by atoms with Gasteiger partial charge in [-0.3, -0.25) is 4.79 Å². The van der Waals surface area contributed by atoms with Gasteiger partial charge in [0, 0.05) is 16.4 Å². The Morgan fingerprint density at radius 1 is 1.43 bits per heavy atom. The molecular formula is C17H24O4. The number of fused-ring (bicyclic) bond motifs is 1. The van der Waals surface area contributed by atoms with Crippen LogP contribution in [0.5, 0.6) is 0 Å². The van der Waals surface area contributed by atoms with Gasteiger partial charge in [0.25, 0.3) is 0 Å². The molecule has 4 aliphatic rings. The Bertz CT molecular complexity index is 523. The summed E-state index contributed by atoms with van der Waals surface area (Å²) in [6.45, 7) is 11.7. The van der Waals surface area contributed by atoms with E-state index >= 15 is 0 Å². The van der Waals surface area contributed by atoms with Gasteiger partial charge in [0.1, 0.15) is 12.2 Å². The molecule has 1 heterocycles. The normalized spacial score (nSPS) is 43.9. The van der Waals surface area contributed by atoms with Gasteiger partial charge in [-0.1, -0.05) is 27.4 Å². The first-order chi connectivity index (χ1) is 9.72. The molecule has 0 N–H and O–H groups in total. The molecule has 5 unspecified atom stereocenters. The van der Waals surface area contributed by atoms with Gasteiger partial charge >= 0.3 is 11.9 Å². The standard InChI is InChI=1S/C17H24O4/c1-9(2)14(18)21-13-12-16(5)6-7-17(13,10(3)4)8-11(16)15(19)20-12/h10-13H,1,6-8H2,2-5H3. The van der Waals surface area contributed by atoms with Crippen molar-refractivity contribution in [2.45, 2.75) is 59.2 Å². The maximum atomic E-state index is 12.2. The van der Waals surface area contributed by atoms with Crippen LogP contribution in [0.15, 0.2) is 12.2 Å². The molecule has 116 valence electrons. The van der Waals surface area contributed by atoms with Crippen molar-refractivity contribution in [3.8, 4) is 0 Å². The van der Waals surface area contributed by atoms with Crippen LogP contribution < -0.4 is 0 Å². The molecule has 1 saturated heterocycles. The summed E-state index contributed by atoms with van der Waals surface area (Å²) < 4.78 is 11.4. The Hall–Kier alpha value is -1.32. The number of hydrogen-bond acceptors (Lipinski definition) is 4. The van der Waals surface area contributed by atoms with E-state index in [0.29, 0.717) is 11.5 Å². The van der Waals surface area contributed by atoms with Crippen molar-refractivity contribution >= 4 is 11.9 Å². The Morgan fingerprint density at radius 3 is 2.67 bits per heavy atom. The molecule has 4 fully saturated rings. The van der Waals surface area contributed by atoms with Gasteiger partial charge in [0.15, 0.2) is 0 Å². The fourth-order valence-corrected chi connectivity index (χ4v) is 4.64. The van der Waals surface area contributed by atoms with E-state index in [2.05, 4.69) is 27.4 Å². The van der Waals surface area contributed by atoms with E-state index in [-0.39, 0.29) is 40.9 Å². The first-order valence-corrected chi connectivity index (χ1v) is 7.79. The fraction of sp³-hybridized carbons (Fsp3) is 0.765. The van der Waals surface area contributed by atoms with Crippen molar-refractivity contribution in [2.24, 2.45) is 22.7 Å². The van der Waals surface area contributed by atoms with Gasteiger partial charge in [-0.05, 0) is 32.1 Å². The molecule has 0 amide bonds. The average Bonchev–Trinajstić information content (AvgIpc) is 2.59. The minimum absolute atomic E-state index is 0.0431. The molecule has 21 heavy (non-hydrogen) atoms. The Morgan fingerprint density at radius 2 is 2.10 bits per heavy atom. The van der Waals surface area contributed by atoms with Crippen molar-refractivity contribution in [1.29, 1.82) is 0 Å². The van der Waals surface area contributed by atoms with Crippen LogP contribution in [0, 0.1) is 22.7 Å². The second kappa shape index (κ2) is 4.34. The van der Waals surface area contributed by atoms with Crippen LogP contribution in [0.2, 0.25) is 0 Å². The minimum atomic E-state index is -0.379. The summed E-state index contributed by atoms with van der Waals surface area (Å²) in [7, 11) is 0. The van der Waals surface area contributed by atoms with Crippen molar-refractivity contribution in [3.63, 3.8) is 0 Å². The zero-order valence-corrected chi connectivity index (χ0v) is 13.3. The molecular weight excluding hydrogens is 268 g/mol. The van der Waals surface area contributed by atoms with Gasteiger partial charge in [0.2, 0.25) is 0 Å². The second-order valence-corrected chi connectivity index (χ2v) is 7.61. The quantitative estimate of drug-likeness (QED) is 0.593. The molecule has 0 aromatic heterocycles. The van der Waals surface area contributed by atoms with Gasteiger partial charge in [-0.2, -0.15) is 0 Å². The van der Waals surface area contributed by atoms with Crippen LogP contribution >= 0.6 is 0 Å². The molecule has 4 heteroatoms. The lowest BCUT2D eigenvalue weighted by Crippen LogP contribution is -2.63. The molecule has 1 aliphatic heterocycles. The first kappa shape index (κ1) is 14.6. The highest BCUT2D eigenvalue weighted by molar-refractivity contribution is 5.87. The number of ether oxygens (including phenoxy) is 2. The average molecular weight is 292 g/mol. The topological polar surface area (TPSA) is 52.6 Å². The number of carbonyl (C=O) groups is 2. The predicted molar refractivity (Wildman–Crippen MR) is 77.3 cm³/mol. The fourth-order valence-electron chi connectivity index (χ4n) is 4.64. The summed E-state index contributed by atoms with van der Waals surface area (Å²) in [5.41, 5.74) is 0.0550. The minimum Gasteiger partial charge on any atom is -0.458 e. The number of hydrogen-bond donors (Lipinski definition) is 0. The molecule has 0 radical (unpaired) electrons. The molecule has 0 spiro atoms. The van der Waals surface area contributed by atoms with Crippen LogP contribution in [0.4, 0.5) is 0 Å². The molecule has 4 rings (SSSR count). The molecule has 5 atom stereocenters. The third kappa shape index (κ3) is 1.74. The van der Waals surface area contributed by atoms with E-state index in [9.17, 15) is 9.59 Å². The maximum Gasteiger partial charge on any atom is 0.333 e. The third-order valence-electron chi connectivity index (χ3n) is 6.26. The second-order valence-electron chi connectivity index (χ2n) is 7.61. The number of esters is 2. The SMILES string of the molecule is C=C(C)C(=O)OC1C2OC(=O)C3CC1(C(C)C)CCC32C. The van der Waals surface area contributed by atoms with Gasteiger partial charge < -0.3 is 9.47 Å². The zero-order chi connectivity index (χ0) is 15.6. The van der Waals surface area contributed by atoms with Gasteiger partial charge in [-0.25, -0.2) is 4.79 Å². The van der Waals surface area contributed by atoms with E-state index in [1.807, 2.05) is 0 Å². The summed E-state index contributed by atoms with van der Waals surface area (Å²) in [4.78, 5) is 24.3. The Kier molecular flexibility index (Phi) is 3.02. The van der Waals surface area contributed by atoms with Crippen molar-refractivity contribution in [1.82, 2.24) is 0 Å². The lowest BCUT2D eigenvalue weighted by molar-refractivity contribution is -0.211. The van der Waals surface area contributed by atoms with Crippen molar-refractivity contribution < 1.29 is 19.1 Å². The summed E-state index contributed by atoms with van der Waals surface area (Å²) in [5, 5.41) is 0. The summed E-state index contributed by atoms with van der Waals surface area (Å²) >= 11 is 0. The maximum absolute atomic E-state index is 12.2.